The largest absolute Gasteiger partial charge is 0.412 e. The summed E-state index contributed by atoms with van der Waals surface area (Å²) in [5, 5.41) is 20.5. The molecular weight excluding hydrogens is 168 g/mol. The van der Waals surface area contributed by atoms with E-state index in [1.54, 1.807) is 18.2 Å². The molecule has 0 fully saturated rings. The van der Waals surface area contributed by atoms with Crippen molar-refractivity contribution in [1.82, 2.24) is 9.94 Å². The van der Waals surface area contributed by atoms with Gasteiger partial charge in [-0.05, 0) is 18.2 Å². The molecule has 1 aliphatic carbocycles. The standard InChI is InChI=1S/C8H8N4O/c9-6-1-2-7(10)8-5(6)3-4-12(13)11-8/h1-4,10,13H,9H2. The van der Waals surface area contributed by atoms with Gasteiger partial charge >= 0.3 is 0 Å². The zero-order valence-electron chi connectivity index (χ0n) is 6.73. The Kier molecular flexibility index (Phi) is 1.45. The fourth-order valence-corrected chi connectivity index (χ4v) is 1.18. The highest BCUT2D eigenvalue weighted by molar-refractivity contribution is 5.73. The van der Waals surface area contributed by atoms with E-state index in [0.29, 0.717) is 21.8 Å². The highest BCUT2D eigenvalue weighted by Gasteiger charge is 2.08. The van der Waals surface area contributed by atoms with Gasteiger partial charge in [0.15, 0.2) is 0 Å². The Morgan fingerprint density at radius 1 is 1.38 bits per heavy atom. The van der Waals surface area contributed by atoms with Crippen molar-refractivity contribution in [1.29, 1.82) is 5.41 Å². The minimum atomic E-state index is 0.243. The first kappa shape index (κ1) is 7.60. The van der Waals surface area contributed by atoms with Crippen LogP contribution in [0.15, 0.2) is 24.4 Å². The molecule has 0 atom stereocenters. The molecular formula is C8H8N4O. The predicted molar refractivity (Wildman–Crippen MR) is 46.3 cm³/mol. The molecule has 2 aliphatic rings. The molecule has 0 amide bonds. The molecule has 1 aliphatic heterocycles. The first-order valence-corrected chi connectivity index (χ1v) is 3.70. The first-order valence-electron chi connectivity index (χ1n) is 3.70. The van der Waals surface area contributed by atoms with Gasteiger partial charge in [0.2, 0.25) is 0 Å². The second-order valence-electron chi connectivity index (χ2n) is 2.70. The van der Waals surface area contributed by atoms with E-state index in [0.717, 1.165) is 0 Å². The minimum absolute atomic E-state index is 0.243. The third-order valence-electron chi connectivity index (χ3n) is 1.83. The lowest BCUT2D eigenvalue weighted by Gasteiger charge is -2.07. The summed E-state index contributed by atoms with van der Waals surface area (Å²) >= 11 is 0. The fourth-order valence-electron chi connectivity index (χ4n) is 1.18. The number of fused-ring (bicyclic) bond motifs is 1. The molecule has 0 radical (unpaired) electrons. The normalized spacial score (nSPS) is 10.5. The molecule has 0 bridgehead atoms. The third kappa shape index (κ3) is 1.10. The van der Waals surface area contributed by atoms with Crippen molar-refractivity contribution in [3.8, 4) is 11.3 Å². The lowest BCUT2D eigenvalue weighted by atomic mass is 10.1. The van der Waals surface area contributed by atoms with Crippen LogP contribution in [0.25, 0.3) is 11.3 Å². The molecule has 0 saturated heterocycles. The Morgan fingerprint density at radius 3 is 2.92 bits per heavy atom. The molecule has 2 rings (SSSR count). The van der Waals surface area contributed by atoms with E-state index in [-0.39, 0.29) is 5.36 Å². The molecule has 0 saturated carbocycles. The van der Waals surface area contributed by atoms with Crippen LogP contribution in [0.2, 0.25) is 0 Å². The zero-order valence-corrected chi connectivity index (χ0v) is 6.73. The van der Waals surface area contributed by atoms with Crippen molar-refractivity contribution in [2.24, 2.45) is 0 Å². The summed E-state index contributed by atoms with van der Waals surface area (Å²) in [7, 11) is 0. The van der Waals surface area contributed by atoms with Gasteiger partial charge in [0.25, 0.3) is 0 Å². The van der Waals surface area contributed by atoms with E-state index in [1.165, 1.54) is 6.20 Å². The summed E-state index contributed by atoms with van der Waals surface area (Å²) in [5.74, 6) is 0. The van der Waals surface area contributed by atoms with Gasteiger partial charge in [-0.2, -0.15) is 0 Å². The Hall–Kier alpha value is -2.04. The van der Waals surface area contributed by atoms with E-state index < -0.39 is 0 Å². The van der Waals surface area contributed by atoms with Crippen LogP contribution in [0, 0.1) is 5.41 Å². The summed E-state index contributed by atoms with van der Waals surface area (Å²) in [4.78, 5) is 0.666. The predicted octanol–water partition coefficient (Wildman–Crippen LogP) is 0.287. The maximum absolute atomic E-state index is 9.03. The molecule has 5 nitrogen and oxygen atoms in total. The van der Waals surface area contributed by atoms with E-state index in [4.69, 9.17) is 16.4 Å². The van der Waals surface area contributed by atoms with Crippen molar-refractivity contribution in [3.63, 3.8) is 0 Å². The topological polar surface area (TPSA) is 87.9 Å². The lowest BCUT2D eigenvalue weighted by Crippen LogP contribution is -2.13. The highest BCUT2D eigenvalue weighted by Crippen LogP contribution is 2.20. The second kappa shape index (κ2) is 2.48. The summed E-state index contributed by atoms with van der Waals surface area (Å²) in [6.07, 6.45) is 1.37. The van der Waals surface area contributed by atoms with Gasteiger partial charge in [-0.3, -0.25) is 5.41 Å². The van der Waals surface area contributed by atoms with Crippen molar-refractivity contribution >= 4 is 5.69 Å². The van der Waals surface area contributed by atoms with Gasteiger partial charge in [0, 0.05) is 11.3 Å². The Balaban J connectivity index is 2.91. The van der Waals surface area contributed by atoms with Crippen molar-refractivity contribution < 1.29 is 5.21 Å². The van der Waals surface area contributed by atoms with E-state index >= 15 is 0 Å². The minimum Gasteiger partial charge on any atom is -0.412 e. The molecule has 0 unspecified atom stereocenters. The zero-order chi connectivity index (χ0) is 9.42. The van der Waals surface area contributed by atoms with Gasteiger partial charge in [0.1, 0.15) is 5.69 Å². The molecule has 0 aromatic rings. The van der Waals surface area contributed by atoms with Crippen LogP contribution in [0.5, 0.6) is 0 Å². The number of anilines is 1. The monoisotopic (exact) mass is 176 g/mol. The van der Waals surface area contributed by atoms with Crippen molar-refractivity contribution in [3.05, 3.63) is 29.8 Å². The molecule has 0 aromatic heterocycles. The van der Waals surface area contributed by atoms with Crippen LogP contribution in [-0.4, -0.2) is 15.2 Å². The Morgan fingerprint density at radius 2 is 2.15 bits per heavy atom. The number of hydrogen-bond acceptors (Lipinski definition) is 4. The Labute approximate surface area is 73.9 Å². The fraction of sp³-hybridized carbons (Fsp3) is 0. The van der Waals surface area contributed by atoms with Gasteiger partial charge in [-0.15, -0.1) is 9.94 Å². The maximum atomic E-state index is 9.03. The number of aromatic nitrogens is 2. The van der Waals surface area contributed by atoms with Crippen molar-refractivity contribution in [2.75, 3.05) is 5.73 Å². The highest BCUT2D eigenvalue weighted by atomic mass is 16.5. The summed E-state index contributed by atoms with van der Waals surface area (Å²) in [6.45, 7) is 0. The summed E-state index contributed by atoms with van der Waals surface area (Å²) in [5.41, 5.74) is 7.29. The van der Waals surface area contributed by atoms with Crippen LogP contribution in [0.4, 0.5) is 5.69 Å². The van der Waals surface area contributed by atoms with Gasteiger partial charge in [0.05, 0.1) is 11.6 Å². The molecule has 66 valence electrons. The summed E-state index contributed by atoms with van der Waals surface area (Å²) < 4.78 is 0. The molecule has 5 heteroatoms. The third-order valence-corrected chi connectivity index (χ3v) is 1.83. The van der Waals surface area contributed by atoms with Crippen LogP contribution in [0.1, 0.15) is 0 Å². The quantitative estimate of drug-likeness (QED) is 0.398. The number of nitrogen functional groups attached to an aromatic ring is 1. The number of nitrogens with zero attached hydrogens (tertiary/aromatic N) is 2. The molecule has 4 N–H and O–H groups in total. The number of hydrogen-bond donors (Lipinski definition) is 3. The van der Waals surface area contributed by atoms with E-state index in [1.807, 2.05) is 0 Å². The summed E-state index contributed by atoms with van der Waals surface area (Å²) in [6, 6.07) is 4.81. The smallest absolute Gasteiger partial charge is 0.121 e. The van der Waals surface area contributed by atoms with Gasteiger partial charge < -0.3 is 10.9 Å². The molecule has 0 aromatic carbocycles. The number of rotatable bonds is 0. The average molecular weight is 176 g/mol. The number of nitrogens with one attached hydrogen (secondary N) is 1. The first-order chi connectivity index (χ1) is 6.18. The number of benzene rings is 1. The Bertz CT molecular complexity index is 476. The van der Waals surface area contributed by atoms with Gasteiger partial charge in [-0.25, -0.2) is 0 Å². The number of nitrogens with two attached hydrogens (primary N) is 1. The SMILES string of the molecule is N=c1ccc(N)c2ccn(O)nc1-2. The van der Waals surface area contributed by atoms with Crippen LogP contribution in [-0.2, 0) is 0 Å². The van der Waals surface area contributed by atoms with Crippen LogP contribution < -0.4 is 11.1 Å². The maximum Gasteiger partial charge on any atom is 0.121 e. The van der Waals surface area contributed by atoms with Gasteiger partial charge in [-0.1, -0.05) is 0 Å². The van der Waals surface area contributed by atoms with E-state index in [9.17, 15) is 0 Å². The van der Waals surface area contributed by atoms with E-state index in [2.05, 4.69) is 5.10 Å². The average Bonchev–Trinajstić information content (AvgIpc) is 2.12. The van der Waals surface area contributed by atoms with Crippen LogP contribution in [0.3, 0.4) is 0 Å². The molecule has 0 spiro atoms. The van der Waals surface area contributed by atoms with Crippen molar-refractivity contribution in [2.45, 2.75) is 0 Å². The molecule has 1 heterocycles. The second-order valence-corrected chi connectivity index (χ2v) is 2.70. The lowest BCUT2D eigenvalue weighted by molar-refractivity contribution is 0.144. The molecule has 13 heavy (non-hydrogen) atoms. The van der Waals surface area contributed by atoms with Crippen LogP contribution >= 0.6 is 0 Å².